The van der Waals surface area contributed by atoms with Crippen molar-refractivity contribution in [2.24, 2.45) is 0 Å². The minimum Gasteiger partial charge on any atom is -0.494 e. The van der Waals surface area contributed by atoms with Crippen LogP contribution in [0.2, 0.25) is 0 Å². The second-order valence-corrected chi connectivity index (χ2v) is 4.84. The first kappa shape index (κ1) is 14.9. The van der Waals surface area contributed by atoms with Gasteiger partial charge in [-0.15, -0.1) is 0 Å². The van der Waals surface area contributed by atoms with Crippen LogP contribution in [0.5, 0.6) is 5.75 Å². The zero-order chi connectivity index (χ0) is 15.2. The fraction of sp³-hybridized carbons (Fsp3) is 0.235. The number of nitrogens with one attached hydrogen (secondary N) is 1. The van der Waals surface area contributed by atoms with E-state index in [1.807, 2.05) is 56.3 Å². The zero-order valence-electron chi connectivity index (χ0n) is 12.3. The quantitative estimate of drug-likeness (QED) is 0.827. The van der Waals surface area contributed by atoms with E-state index in [1.54, 1.807) is 6.07 Å². The number of amides is 1. The lowest BCUT2D eigenvalue weighted by Crippen LogP contribution is -2.18. The molecule has 4 nitrogen and oxygen atoms in total. The molecule has 0 aliphatic carbocycles. The number of hydrogen-bond donors (Lipinski definition) is 2. The van der Waals surface area contributed by atoms with Crippen molar-refractivity contribution in [2.75, 3.05) is 17.7 Å². The molecule has 2 rings (SSSR count). The van der Waals surface area contributed by atoms with Crippen molar-refractivity contribution in [1.29, 1.82) is 0 Å². The second-order valence-electron chi connectivity index (χ2n) is 4.84. The number of carbonyl (C=O) groups excluding carboxylic acids is 1. The number of ether oxygens (including phenoxy) is 1. The van der Waals surface area contributed by atoms with Crippen LogP contribution >= 0.6 is 0 Å². The molecule has 0 saturated heterocycles. The van der Waals surface area contributed by atoms with Crippen LogP contribution in [0.3, 0.4) is 0 Å². The molecule has 21 heavy (non-hydrogen) atoms. The lowest BCUT2D eigenvalue weighted by Gasteiger charge is -2.13. The van der Waals surface area contributed by atoms with Crippen LogP contribution in [0.15, 0.2) is 48.5 Å². The van der Waals surface area contributed by atoms with E-state index in [0.717, 1.165) is 17.0 Å². The van der Waals surface area contributed by atoms with Gasteiger partial charge in [0.1, 0.15) is 5.75 Å². The normalized spacial score (nSPS) is 11.7. The SMILES string of the molecule is CCOc1ccc(NC(=O)C(C)c2cccc(N)c2)cc1. The zero-order valence-corrected chi connectivity index (χ0v) is 12.3. The van der Waals surface area contributed by atoms with Crippen LogP contribution in [0.25, 0.3) is 0 Å². The van der Waals surface area contributed by atoms with E-state index in [9.17, 15) is 4.79 Å². The number of hydrogen-bond acceptors (Lipinski definition) is 3. The summed E-state index contributed by atoms with van der Waals surface area (Å²) in [4.78, 5) is 12.3. The lowest BCUT2D eigenvalue weighted by atomic mass is 10.00. The molecule has 0 aliphatic heterocycles. The average Bonchev–Trinajstić information content (AvgIpc) is 2.48. The first-order chi connectivity index (χ1) is 10.1. The molecule has 0 fully saturated rings. The molecule has 3 N–H and O–H groups in total. The molecule has 0 aromatic heterocycles. The van der Waals surface area contributed by atoms with Gasteiger partial charge in [0.2, 0.25) is 5.91 Å². The van der Waals surface area contributed by atoms with Crippen LogP contribution in [-0.2, 0) is 4.79 Å². The van der Waals surface area contributed by atoms with Gasteiger partial charge in [0.15, 0.2) is 0 Å². The van der Waals surface area contributed by atoms with Gasteiger partial charge in [-0.05, 0) is 55.8 Å². The topological polar surface area (TPSA) is 64.3 Å². The molecule has 0 aliphatic rings. The van der Waals surface area contributed by atoms with Crippen molar-refractivity contribution in [3.8, 4) is 5.75 Å². The minimum atomic E-state index is -0.264. The summed E-state index contributed by atoms with van der Waals surface area (Å²) >= 11 is 0. The Morgan fingerprint density at radius 1 is 1.24 bits per heavy atom. The molecule has 4 heteroatoms. The van der Waals surface area contributed by atoms with Gasteiger partial charge in [0.25, 0.3) is 0 Å². The number of nitrogens with two attached hydrogens (primary N) is 1. The van der Waals surface area contributed by atoms with Crippen LogP contribution in [-0.4, -0.2) is 12.5 Å². The monoisotopic (exact) mass is 284 g/mol. The molecule has 0 bridgehead atoms. The Balaban J connectivity index is 2.03. The number of anilines is 2. The lowest BCUT2D eigenvalue weighted by molar-refractivity contribution is -0.117. The maximum absolute atomic E-state index is 12.3. The van der Waals surface area contributed by atoms with E-state index in [4.69, 9.17) is 10.5 Å². The molecule has 0 heterocycles. The summed E-state index contributed by atoms with van der Waals surface area (Å²) in [6.07, 6.45) is 0. The minimum absolute atomic E-state index is 0.0650. The summed E-state index contributed by atoms with van der Waals surface area (Å²) in [5, 5.41) is 2.89. The Labute approximate surface area is 124 Å². The standard InChI is InChI=1S/C17H20N2O2/c1-3-21-16-9-7-15(8-10-16)19-17(20)12(2)13-5-4-6-14(18)11-13/h4-12H,3,18H2,1-2H3,(H,19,20). The van der Waals surface area contributed by atoms with Crippen molar-refractivity contribution in [3.05, 3.63) is 54.1 Å². The predicted molar refractivity (Wildman–Crippen MR) is 85.5 cm³/mol. The van der Waals surface area contributed by atoms with E-state index in [1.165, 1.54) is 0 Å². The second kappa shape index (κ2) is 6.79. The van der Waals surface area contributed by atoms with E-state index in [0.29, 0.717) is 12.3 Å². The third-order valence-electron chi connectivity index (χ3n) is 3.24. The summed E-state index contributed by atoms with van der Waals surface area (Å²) in [5.74, 6) is 0.462. The molecule has 1 atom stereocenters. The highest BCUT2D eigenvalue weighted by Crippen LogP contribution is 2.21. The molecule has 0 spiro atoms. The molecule has 1 unspecified atom stereocenters. The van der Waals surface area contributed by atoms with Crippen molar-refractivity contribution in [2.45, 2.75) is 19.8 Å². The van der Waals surface area contributed by atoms with E-state index in [2.05, 4.69) is 5.32 Å². The van der Waals surface area contributed by atoms with E-state index < -0.39 is 0 Å². The Morgan fingerprint density at radius 2 is 1.95 bits per heavy atom. The molecule has 2 aromatic rings. The number of nitrogen functional groups attached to an aromatic ring is 1. The van der Waals surface area contributed by atoms with Crippen LogP contribution in [0, 0.1) is 0 Å². The van der Waals surface area contributed by atoms with E-state index >= 15 is 0 Å². The molecular weight excluding hydrogens is 264 g/mol. The summed E-state index contributed by atoms with van der Waals surface area (Å²) in [6.45, 7) is 4.42. The number of carbonyl (C=O) groups is 1. The van der Waals surface area contributed by atoms with Gasteiger partial charge in [-0.25, -0.2) is 0 Å². The maximum Gasteiger partial charge on any atom is 0.231 e. The molecule has 2 aromatic carbocycles. The van der Waals surface area contributed by atoms with Gasteiger partial charge < -0.3 is 15.8 Å². The summed E-state index contributed by atoms with van der Waals surface area (Å²) in [5.41, 5.74) is 8.06. The highest BCUT2D eigenvalue weighted by Gasteiger charge is 2.15. The Hall–Kier alpha value is -2.49. The van der Waals surface area contributed by atoms with Crippen molar-refractivity contribution >= 4 is 17.3 Å². The third kappa shape index (κ3) is 3.99. The predicted octanol–water partition coefficient (Wildman–Crippen LogP) is 3.41. The Morgan fingerprint density at radius 3 is 2.57 bits per heavy atom. The first-order valence-corrected chi connectivity index (χ1v) is 6.99. The van der Waals surface area contributed by atoms with Gasteiger partial charge in [0.05, 0.1) is 12.5 Å². The van der Waals surface area contributed by atoms with Crippen LogP contribution < -0.4 is 15.8 Å². The number of benzene rings is 2. The van der Waals surface area contributed by atoms with Crippen molar-refractivity contribution in [1.82, 2.24) is 0 Å². The molecule has 110 valence electrons. The summed E-state index contributed by atoms with van der Waals surface area (Å²) < 4.78 is 5.37. The highest BCUT2D eigenvalue weighted by molar-refractivity contribution is 5.95. The molecule has 0 radical (unpaired) electrons. The van der Waals surface area contributed by atoms with Gasteiger partial charge in [-0.3, -0.25) is 4.79 Å². The third-order valence-corrected chi connectivity index (χ3v) is 3.24. The van der Waals surface area contributed by atoms with Gasteiger partial charge >= 0.3 is 0 Å². The fourth-order valence-corrected chi connectivity index (χ4v) is 2.03. The number of rotatable bonds is 5. The van der Waals surface area contributed by atoms with Crippen LogP contribution in [0.1, 0.15) is 25.3 Å². The molecule has 1 amide bonds. The first-order valence-electron chi connectivity index (χ1n) is 6.99. The average molecular weight is 284 g/mol. The summed E-state index contributed by atoms with van der Waals surface area (Å²) in [6, 6.07) is 14.7. The van der Waals surface area contributed by atoms with Crippen molar-refractivity contribution < 1.29 is 9.53 Å². The van der Waals surface area contributed by atoms with Crippen LogP contribution in [0.4, 0.5) is 11.4 Å². The van der Waals surface area contributed by atoms with Gasteiger partial charge in [-0.1, -0.05) is 12.1 Å². The highest BCUT2D eigenvalue weighted by atomic mass is 16.5. The van der Waals surface area contributed by atoms with E-state index in [-0.39, 0.29) is 11.8 Å². The largest absolute Gasteiger partial charge is 0.494 e. The maximum atomic E-state index is 12.3. The van der Waals surface area contributed by atoms with Crippen molar-refractivity contribution in [3.63, 3.8) is 0 Å². The Bertz CT molecular complexity index is 608. The molecular formula is C17H20N2O2. The molecule has 0 saturated carbocycles. The fourth-order valence-electron chi connectivity index (χ4n) is 2.03. The summed E-state index contributed by atoms with van der Waals surface area (Å²) in [7, 11) is 0. The van der Waals surface area contributed by atoms with Gasteiger partial charge in [0, 0.05) is 11.4 Å². The van der Waals surface area contributed by atoms with Gasteiger partial charge in [-0.2, -0.15) is 0 Å². The smallest absolute Gasteiger partial charge is 0.231 e. The Kier molecular flexibility index (Phi) is 4.82.